The smallest absolute Gasteiger partial charge is 0.265 e. The Bertz CT molecular complexity index is 1600. The third kappa shape index (κ3) is 8.74. The lowest BCUT2D eigenvalue weighted by Crippen LogP contribution is -2.52. The van der Waals surface area contributed by atoms with Gasteiger partial charge >= 0.3 is 0 Å². The molecule has 1 N–H and O–H groups in total. The minimum absolute atomic E-state index is 0.0307. The van der Waals surface area contributed by atoms with E-state index in [1.165, 1.54) is 56.6 Å². The van der Waals surface area contributed by atoms with Crippen molar-refractivity contribution in [3.8, 4) is 17.2 Å². The Morgan fingerprint density at radius 3 is 2.13 bits per heavy atom. The molecule has 244 valence electrons. The summed E-state index contributed by atoms with van der Waals surface area (Å²) >= 11 is 12.8. The van der Waals surface area contributed by atoms with Crippen LogP contribution in [-0.4, -0.2) is 65.6 Å². The van der Waals surface area contributed by atoms with Gasteiger partial charge in [-0.1, -0.05) is 62.2 Å². The molecule has 0 aliphatic carbocycles. The molecule has 13 heteroatoms. The van der Waals surface area contributed by atoms with E-state index in [-0.39, 0.29) is 51.9 Å². The van der Waals surface area contributed by atoms with Crippen molar-refractivity contribution < 1.29 is 32.2 Å². The van der Waals surface area contributed by atoms with Gasteiger partial charge in [-0.15, -0.1) is 0 Å². The lowest BCUT2D eigenvalue weighted by molar-refractivity contribution is -0.140. The van der Waals surface area contributed by atoms with Crippen LogP contribution in [0.1, 0.15) is 32.8 Å². The van der Waals surface area contributed by atoms with E-state index in [1.54, 1.807) is 37.3 Å². The second-order valence-corrected chi connectivity index (χ2v) is 13.2. The minimum Gasteiger partial charge on any atom is -0.495 e. The van der Waals surface area contributed by atoms with Gasteiger partial charge in [-0.3, -0.25) is 13.9 Å². The molecule has 0 aromatic heterocycles. The first kappa shape index (κ1) is 35.8. The van der Waals surface area contributed by atoms with Gasteiger partial charge in [0.2, 0.25) is 11.8 Å². The predicted octanol–water partition coefficient (Wildman–Crippen LogP) is 5.79. The standard InChI is InChI=1S/C32H39Cl2N3O7S/c1-7-26(32(39)35-18-21(2)3)36(19-22-10-8-9-11-25(22)34)31(38)20-37(27-16-23(33)12-14-28(27)42-4)45(40,41)24-13-15-29(43-5)30(17-24)44-6/h8-17,21,26H,7,18-20H2,1-6H3,(H,35,39)/t26-/m1/s1. The Labute approximate surface area is 275 Å². The van der Waals surface area contributed by atoms with Gasteiger partial charge in [-0.2, -0.15) is 0 Å². The quantitative estimate of drug-likeness (QED) is 0.216. The van der Waals surface area contributed by atoms with Gasteiger partial charge in [0, 0.05) is 29.2 Å². The van der Waals surface area contributed by atoms with Gasteiger partial charge in [0.05, 0.1) is 31.9 Å². The second-order valence-electron chi connectivity index (χ2n) is 10.5. The van der Waals surface area contributed by atoms with Crippen LogP contribution in [0, 0.1) is 5.92 Å². The number of carbonyl (C=O) groups is 2. The highest BCUT2D eigenvalue weighted by molar-refractivity contribution is 7.92. The SMILES string of the molecule is CC[C@H](C(=O)NCC(C)C)N(Cc1ccccc1Cl)C(=O)CN(c1cc(Cl)ccc1OC)S(=O)(=O)c1ccc(OC)c(OC)c1. The van der Waals surface area contributed by atoms with Crippen LogP contribution in [0.15, 0.2) is 65.6 Å². The summed E-state index contributed by atoms with van der Waals surface area (Å²) in [5.74, 6) is -0.166. The third-order valence-electron chi connectivity index (χ3n) is 7.00. The molecule has 0 radical (unpaired) electrons. The number of benzene rings is 3. The van der Waals surface area contributed by atoms with Crippen molar-refractivity contribution in [1.29, 1.82) is 0 Å². The zero-order valence-electron chi connectivity index (χ0n) is 26.2. The lowest BCUT2D eigenvalue weighted by Gasteiger charge is -2.34. The van der Waals surface area contributed by atoms with E-state index in [1.807, 2.05) is 13.8 Å². The van der Waals surface area contributed by atoms with Crippen molar-refractivity contribution in [3.05, 3.63) is 76.3 Å². The molecule has 0 fully saturated rings. The Morgan fingerprint density at radius 1 is 0.889 bits per heavy atom. The summed E-state index contributed by atoms with van der Waals surface area (Å²) in [5.41, 5.74) is 0.625. The molecule has 0 saturated heterocycles. The molecule has 10 nitrogen and oxygen atoms in total. The van der Waals surface area contributed by atoms with Crippen molar-refractivity contribution in [2.75, 3.05) is 38.7 Å². The van der Waals surface area contributed by atoms with E-state index in [9.17, 15) is 18.0 Å². The molecular formula is C32H39Cl2N3O7S. The van der Waals surface area contributed by atoms with Crippen molar-refractivity contribution in [3.63, 3.8) is 0 Å². The summed E-state index contributed by atoms with van der Waals surface area (Å²) in [6.07, 6.45) is 0.267. The minimum atomic E-state index is -4.46. The number of halogens is 2. The van der Waals surface area contributed by atoms with E-state index in [2.05, 4.69) is 5.32 Å². The molecule has 0 aliphatic rings. The second kappa shape index (κ2) is 16.1. The monoisotopic (exact) mass is 679 g/mol. The van der Waals surface area contributed by atoms with Crippen LogP contribution in [-0.2, 0) is 26.2 Å². The van der Waals surface area contributed by atoms with Crippen molar-refractivity contribution in [2.24, 2.45) is 5.92 Å². The maximum Gasteiger partial charge on any atom is 0.265 e. The molecule has 0 bridgehead atoms. The first-order valence-corrected chi connectivity index (χ1v) is 16.5. The largest absolute Gasteiger partial charge is 0.495 e. The van der Waals surface area contributed by atoms with E-state index < -0.39 is 28.5 Å². The predicted molar refractivity (Wildman–Crippen MR) is 176 cm³/mol. The molecule has 0 spiro atoms. The highest BCUT2D eigenvalue weighted by Crippen LogP contribution is 2.37. The fourth-order valence-corrected chi connectivity index (χ4v) is 6.42. The molecule has 45 heavy (non-hydrogen) atoms. The fraction of sp³-hybridized carbons (Fsp3) is 0.375. The molecule has 2 amide bonds. The van der Waals surface area contributed by atoms with Crippen LogP contribution >= 0.6 is 23.2 Å². The van der Waals surface area contributed by atoms with Crippen molar-refractivity contribution in [1.82, 2.24) is 10.2 Å². The zero-order chi connectivity index (χ0) is 33.3. The number of hydrogen-bond acceptors (Lipinski definition) is 7. The average Bonchev–Trinajstić information content (AvgIpc) is 3.02. The number of nitrogens with zero attached hydrogens (tertiary/aromatic N) is 2. The molecular weight excluding hydrogens is 641 g/mol. The van der Waals surface area contributed by atoms with Crippen LogP contribution in [0.3, 0.4) is 0 Å². The molecule has 3 aromatic carbocycles. The van der Waals surface area contributed by atoms with E-state index in [0.29, 0.717) is 22.9 Å². The van der Waals surface area contributed by atoms with Crippen LogP contribution in [0.2, 0.25) is 10.0 Å². The van der Waals surface area contributed by atoms with Crippen LogP contribution < -0.4 is 23.8 Å². The zero-order valence-corrected chi connectivity index (χ0v) is 28.5. The number of hydrogen-bond donors (Lipinski definition) is 1. The Morgan fingerprint density at radius 2 is 1.53 bits per heavy atom. The first-order chi connectivity index (χ1) is 21.4. The Kier molecular flexibility index (Phi) is 12.8. The number of methoxy groups -OCH3 is 3. The summed E-state index contributed by atoms with van der Waals surface area (Å²) in [6.45, 7) is 5.38. The van der Waals surface area contributed by atoms with E-state index >= 15 is 0 Å². The Balaban J connectivity index is 2.17. The van der Waals surface area contributed by atoms with Crippen LogP contribution in [0.4, 0.5) is 5.69 Å². The highest BCUT2D eigenvalue weighted by Gasteiger charge is 2.35. The number of amides is 2. The van der Waals surface area contributed by atoms with Gasteiger partial charge in [-0.05, 0) is 54.3 Å². The number of anilines is 1. The average molecular weight is 681 g/mol. The van der Waals surface area contributed by atoms with Crippen molar-refractivity contribution in [2.45, 2.75) is 44.7 Å². The first-order valence-electron chi connectivity index (χ1n) is 14.3. The molecule has 0 unspecified atom stereocenters. The summed E-state index contributed by atoms with van der Waals surface area (Å²) in [5, 5.41) is 3.52. The molecule has 0 saturated carbocycles. The maximum atomic E-state index is 14.4. The molecule has 3 aromatic rings. The van der Waals surface area contributed by atoms with Gasteiger partial charge in [0.15, 0.2) is 11.5 Å². The van der Waals surface area contributed by atoms with Gasteiger partial charge in [0.1, 0.15) is 18.3 Å². The summed E-state index contributed by atoms with van der Waals surface area (Å²) in [6, 6.07) is 14.6. The van der Waals surface area contributed by atoms with Crippen molar-refractivity contribution >= 4 is 50.7 Å². The summed E-state index contributed by atoms with van der Waals surface area (Å²) in [4.78, 5) is 28.9. The topological polar surface area (TPSA) is 114 Å². The number of carbonyl (C=O) groups excluding carboxylic acids is 2. The van der Waals surface area contributed by atoms with E-state index in [4.69, 9.17) is 37.4 Å². The normalized spacial score (nSPS) is 11.9. The van der Waals surface area contributed by atoms with Crippen LogP contribution in [0.25, 0.3) is 0 Å². The van der Waals surface area contributed by atoms with Gasteiger partial charge < -0.3 is 24.4 Å². The van der Waals surface area contributed by atoms with Crippen LogP contribution in [0.5, 0.6) is 17.2 Å². The molecule has 0 aliphatic heterocycles. The highest BCUT2D eigenvalue weighted by atomic mass is 35.5. The van der Waals surface area contributed by atoms with E-state index in [0.717, 1.165) is 4.31 Å². The third-order valence-corrected chi connectivity index (χ3v) is 9.36. The van der Waals surface area contributed by atoms with Gasteiger partial charge in [0.25, 0.3) is 10.0 Å². The Hall–Kier alpha value is -3.67. The molecule has 3 rings (SSSR count). The van der Waals surface area contributed by atoms with Gasteiger partial charge in [-0.25, -0.2) is 8.42 Å². The maximum absolute atomic E-state index is 14.4. The number of nitrogens with one attached hydrogen (secondary N) is 1. The summed E-state index contributed by atoms with van der Waals surface area (Å²) in [7, 11) is -0.259. The fourth-order valence-electron chi connectivity index (χ4n) is 4.63. The number of sulfonamides is 1. The number of rotatable bonds is 15. The lowest BCUT2D eigenvalue weighted by atomic mass is 10.1. The molecule has 1 atom stereocenters. The summed E-state index contributed by atoms with van der Waals surface area (Å²) < 4.78 is 45.8. The number of ether oxygens (including phenoxy) is 3. The molecule has 0 heterocycles.